The number of alkyl halides is 3. The number of halogens is 3. The van der Waals surface area contributed by atoms with Crippen LogP contribution in [0, 0.1) is 16.7 Å². The van der Waals surface area contributed by atoms with Crippen molar-refractivity contribution in [2.45, 2.75) is 33.9 Å². The predicted molar refractivity (Wildman–Crippen MR) is 97.8 cm³/mol. The Morgan fingerprint density at radius 1 is 1.00 bits per heavy atom. The van der Waals surface area contributed by atoms with Crippen LogP contribution in [0.25, 0.3) is 11.0 Å². The van der Waals surface area contributed by atoms with E-state index in [1.54, 1.807) is 0 Å². The standard InChI is InChI=1S/C20H17F3N2O5/c1-18(2)14(28)11(15(29)19(3,4)17(18)30)12(27)9-7-8-5-6-10(26)24-16(8)25-13(9)20(21,22)23/h5-7,11H,1-4H3,(H,24,25,26). The molecule has 0 atom stereocenters. The number of carbonyl (C=O) groups is 4. The van der Waals surface area contributed by atoms with Gasteiger partial charge in [0.1, 0.15) is 11.6 Å². The van der Waals surface area contributed by atoms with Crippen LogP contribution in [0.4, 0.5) is 13.2 Å². The minimum Gasteiger partial charge on any atom is -0.307 e. The number of hydrogen-bond donors (Lipinski definition) is 1. The molecule has 1 saturated carbocycles. The average molecular weight is 422 g/mol. The van der Waals surface area contributed by atoms with E-state index in [0.29, 0.717) is 0 Å². The second kappa shape index (κ2) is 6.41. The van der Waals surface area contributed by atoms with E-state index in [4.69, 9.17) is 0 Å². The van der Waals surface area contributed by atoms with Gasteiger partial charge in [-0.3, -0.25) is 24.0 Å². The topological polar surface area (TPSA) is 114 Å². The average Bonchev–Trinajstić information content (AvgIpc) is 2.64. The van der Waals surface area contributed by atoms with E-state index in [1.165, 1.54) is 33.8 Å². The number of hydrogen-bond acceptors (Lipinski definition) is 6. The van der Waals surface area contributed by atoms with Crippen molar-refractivity contribution in [1.29, 1.82) is 0 Å². The molecule has 0 bridgehead atoms. The van der Waals surface area contributed by atoms with Gasteiger partial charge in [-0.2, -0.15) is 13.2 Å². The summed E-state index contributed by atoms with van der Waals surface area (Å²) in [5.41, 5.74) is -7.16. The number of pyridine rings is 2. The van der Waals surface area contributed by atoms with Gasteiger partial charge in [-0.05, 0) is 39.8 Å². The van der Waals surface area contributed by atoms with Gasteiger partial charge in [-0.25, -0.2) is 4.98 Å². The molecule has 1 aliphatic rings. The van der Waals surface area contributed by atoms with Crippen LogP contribution in [0.5, 0.6) is 0 Å². The first-order valence-corrected chi connectivity index (χ1v) is 8.89. The Hall–Kier alpha value is -3.17. The third-order valence-corrected chi connectivity index (χ3v) is 5.40. The predicted octanol–water partition coefficient (Wildman–Crippen LogP) is 2.51. The van der Waals surface area contributed by atoms with Crippen molar-refractivity contribution in [3.8, 4) is 0 Å². The molecule has 1 aliphatic carbocycles. The maximum atomic E-state index is 13.6. The zero-order valence-electron chi connectivity index (χ0n) is 16.4. The molecule has 10 heteroatoms. The van der Waals surface area contributed by atoms with Crippen LogP contribution in [0.3, 0.4) is 0 Å². The van der Waals surface area contributed by atoms with E-state index in [2.05, 4.69) is 9.97 Å². The number of fused-ring (bicyclic) bond motifs is 1. The summed E-state index contributed by atoms with van der Waals surface area (Å²) in [6, 6.07) is 3.04. The summed E-state index contributed by atoms with van der Waals surface area (Å²) in [6.45, 7) is 4.95. The molecular weight excluding hydrogens is 405 g/mol. The Bertz CT molecular complexity index is 1160. The molecule has 30 heavy (non-hydrogen) atoms. The van der Waals surface area contributed by atoms with E-state index < -0.39 is 68.5 Å². The summed E-state index contributed by atoms with van der Waals surface area (Å²) < 4.78 is 40.9. The number of nitrogens with one attached hydrogen (secondary N) is 1. The maximum absolute atomic E-state index is 13.6. The van der Waals surface area contributed by atoms with Crippen molar-refractivity contribution in [2.24, 2.45) is 16.7 Å². The number of rotatable bonds is 2. The van der Waals surface area contributed by atoms with Crippen LogP contribution < -0.4 is 5.56 Å². The lowest BCUT2D eigenvalue weighted by atomic mass is 9.57. The summed E-state index contributed by atoms with van der Waals surface area (Å²) in [6.07, 6.45) is -5.10. The van der Waals surface area contributed by atoms with Gasteiger partial charge in [0.25, 0.3) is 0 Å². The highest BCUT2D eigenvalue weighted by Crippen LogP contribution is 2.43. The maximum Gasteiger partial charge on any atom is 0.434 e. The minimum atomic E-state index is -5.10. The molecule has 0 saturated heterocycles. The lowest BCUT2D eigenvalue weighted by Gasteiger charge is -2.40. The molecule has 2 aromatic heterocycles. The fourth-order valence-corrected chi connectivity index (χ4v) is 3.72. The Labute approximate surface area is 167 Å². The lowest BCUT2D eigenvalue weighted by molar-refractivity contribution is -0.158. The highest BCUT2D eigenvalue weighted by molar-refractivity contribution is 6.37. The normalized spacial score (nSPS) is 19.4. The summed E-state index contributed by atoms with van der Waals surface area (Å²) in [4.78, 5) is 68.2. The number of Topliss-reactive ketones (excluding diaryl/α,β-unsaturated/α-hetero) is 4. The fourth-order valence-electron chi connectivity index (χ4n) is 3.72. The quantitative estimate of drug-likeness (QED) is 0.588. The van der Waals surface area contributed by atoms with Gasteiger partial charge in [0.15, 0.2) is 28.8 Å². The smallest absolute Gasteiger partial charge is 0.307 e. The monoisotopic (exact) mass is 422 g/mol. The van der Waals surface area contributed by atoms with E-state index >= 15 is 0 Å². The second-order valence-electron chi connectivity index (χ2n) is 8.25. The zero-order valence-corrected chi connectivity index (χ0v) is 16.4. The van der Waals surface area contributed by atoms with Gasteiger partial charge in [-0.15, -0.1) is 0 Å². The Balaban J connectivity index is 2.27. The Morgan fingerprint density at radius 3 is 2.03 bits per heavy atom. The number of carbonyl (C=O) groups excluding carboxylic acids is 4. The van der Waals surface area contributed by atoms with Crippen molar-refractivity contribution in [1.82, 2.24) is 9.97 Å². The van der Waals surface area contributed by atoms with Crippen molar-refractivity contribution in [3.63, 3.8) is 0 Å². The number of nitrogens with zero attached hydrogens (tertiary/aromatic N) is 1. The summed E-state index contributed by atoms with van der Waals surface area (Å²) in [7, 11) is 0. The highest BCUT2D eigenvalue weighted by Gasteiger charge is 2.60. The van der Waals surface area contributed by atoms with E-state index in [-0.39, 0.29) is 5.39 Å². The van der Waals surface area contributed by atoms with E-state index in [0.717, 1.165) is 12.1 Å². The Morgan fingerprint density at radius 2 is 1.53 bits per heavy atom. The lowest BCUT2D eigenvalue weighted by Crippen LogP contribution is -2.59. The third-order valence-electron chi connectivity index (χ3n) is 5.40. The molecule has 0 aromatic carbocycles. The molecule has 158 valence electrons. The molecular formula is C20H17F3N2O5. The SMILES string of the molecule is CC1(C)C(=O)C(C(=O)c2cc3ccc(=O)[nH]c3nc2C(F)(F)F)C(=O)C(C)(C)C1=O. The van der Waals surface area contributed by atoms with Crippen LogP contribution in [-0.2, 0) is 20.6 Å². The molecule has 0 unspecified atom stereocenters. The van der Waals surface area contributed by atoms with Crippen molar-refractivity contribution < 1.29 is 32.3 Å². The van der Waals surface area contributed by atoms with Crippen LogP contribution in [-0.4, -0.2) is 33.1 Å². The van der Waals surface area contributed by atoms with Crippen molar-refractivity contribution in [2.75, 3.05) is 0 Å². The number of ketones is 4. The summed E-state index contributed by atoms with van der Waals surface area (Å²) in [5, 5.41) is 0.0104. The molecule has 2 heterocycles. The van der Waals surface area contributed by atoms with Gasteiger partial charge in [0.05, 0.1) is 16.4 Å². The summed E-state index contributed by atoms with van der Waals surface area (Å²) >= 11 is 0. The highest BCUT2D eigenvalue weighted by atomic mass is 19.4. The van der Waals surface area contributed by atoms with Gasteiger partial charge in [0, 0.05) is 11.5 Å². The molecule has 2 aromatic rings. The molecule has 0 aliphatic heterocycles. The molecule has 0 radical (unpaired) electrons. The van der Waals surface area contributed by atoms with Crippen molar-refractivity contribution >= 4 is 34.2 Å². The van der Waals surface area contributed by atoms with E-state index in [1.807, 2.05) is 0 Å². The molecule has 0 spiro atoms. The first-order chi connectivity index (χ1) is 13.6. The van der Waals surface area contributed by atoms with Crippen LogP contribution in [0.15, 0.2) is 23.0 Å². The number of aromatic nitrogens is 2. The fraction of sp³-hybridized carbons (Fsp3) is 0.400. The largest absolute Gasteiger partial charge is 0.434 e. The zero-order chi connectivity index (χ0) is 22.8. The molecule has 1 N–H and O–H groups in total. The molecule has 1 fully saturated rings. The number of H-pyrrole nitrogens is 1. The second-order valence-corrected chi connectivity index (χ2v) is 8.25. The summed E-state index contributed by atoms with van der Waals surface area (Å²) in [5.74, 6) is -6.28. The third kappa shape index (κ3) is 3.06. The van der Waals surface area contributed by atoms with E-state index in [9.17, 15) is 37.1 Å². The molecule has 7 nitrogen and oxygen atoms in total. The first-order valence-electron chi connectivity index (χ1n) is 8.89. The van der Waals surface area contributed by atoms with Gasteiger partial charge < -0.3 is 4.98 Å². The minimum absolute atomic E-state index is 0.0104. The van der Waals surface area contributed by atoms with Gasteiger partial charge in [0.2, 0.25) is 5.56 Å². The number of aromatic amines is 1. The first kappa shape index (κ1) is 21.5. The molecule has 0 amide bonds. The Kier molecular flexibility index (Phi) is 4.60. The van der Waals surface area contributed by atoms with Gasteiger partial charge in [-0.1, -0.05) is 0 Å². The molecule has 3 rings (SSSR count). The van der Waals surface area contributed by atoms with Crippen LogP contribution in [0.2, 0.25) is 0 Å². The van der Waals surface area contributed by atoms with Crippen LogP contribution >= 0.6 is 0 Å². The van der Waals surface area contributed by atoms with Gasteiger partial charge >= 0.3 is 6.18 Å². The van der Waals surface area contributed by atoms with Crippen molar-refractivity contribution in [3.05, 3.63) is 39.8 Å². The van der Waals surface area contributed by atoms with Crippen LogP contribution in [0.1, 0.15) is 43.7 Å².